The third kappa shape index (κ3) is 2.92. The Morgan fingerprint density at radius 3 is 2.76 bits per heavy atom. The Bertz CT molecular complexity index is 506. The second kappa shape index (κ2) is 5.11. The number of rotatable bonds is 3. The molecule has 0 amide bonds. The van der Waals surface area contributed by atoms with Gasteiger partial charge < -0.3 is 5.73 Å². The maximum atomic E-state index is 6.24. The number of hydrogen-bond donors (Lipinski definition) is 1. The quantitative estimate of drug-likeness (QED) is 0.874. The molecule has 1 aromatic heterocycles. The molecule has 17 heavy (non-hydrogen) atoms. The SMILES string of the molecule is Cc1cccc(CC(N)c2cnccc2C)c1. The van der Waals surface area contributed by atoms with Crippen LogP contribution in [0.3, 0.4) is 0 Å². The molecular weight excluding hydrogens is 208 g/mol. The standard InChI is InChI=1S/C15H18N2/c1-11-4-3-5-13(8-11)9-15(16)14-10-17-7-6-12(14)2/h3-8,10,15H,9,16H2,1-2H3. The van der Waals surface area contributed by atoms with Gasteiger partial charge in [-0.1, -0.05) is 29.8 Å². The predicted molar refractivity (Wildman–Crippen MR) is 70.8 cm³/mol. The second-order valence-corrected chi connectivity index (χ2v) is 4.53. The smallest absolute Gasteiger partial charge is 0.0353 e. The Morgan fingerprint density at radius 2 is 2.06 bits per heavy atom. The molecule has 1 aromatic carbocycles. The minimum Gasteiger partial charge on any atom is -0.324 e. The molecule has 0 aliphatic heterocycles. The zero-order valence-electron chi connectivity index (χ0n) is 10.4. The van der Waals surface area contributed by atoms with E-state index >= 15 is 0 Å². The zero-order valence-corrected chi connectivity index (χ0v) is 10.4. The summed E-state index contributed by atoms with van der Waals surface area (Å²) in [6.45, 7) is 4.18. The molecule has 0 fully saturated rings. The molecule has 0 spiro atoms. The molecule has 0 bridgehead atoms. The molecule has 2 aromatic rings. The van der Waals surface area contributed by atoms with Crippen LogP contribution in [0.5, 0.6) is 0 Å². The van der Waals surface area contributed by atoms with Gasteiger partial charge in [0, 0.05) is 18.4 Å². The minimum atomic E-state index is 0.0190. The van der Waals surface area contributed by atoms with Crippen LogP contribution < -0.4 is 5.73 Å². The summed E-state index contributed by atoms with van der Waals surface area (Å²) in [6.07, 6.45) is 4.53. The molecule has 0 aliphatic carbocycles. The van der Waals surface area contributed by atoms with Gasteiger partial charge >= 0.3 is 0 Å². The van der Waals surface area contributed by atoms with Crippen LogP contribution in [0.2, 0.25) is 0 Å². The Hall–Kier alpha value is -1.67. The maximum absolute atomic E-state index is 6.24. The lowest BCUT2D eigenvalue weighted by atomic mass is 9.97. The fourth-order valence-corrected chi connectivity index (χ4v) is 2.07. The first-order chi connectivity index (χ1) is 8.16. The average Bonchev–Trinajstić information content (AvgIpc) is 2.29. The lowest BCUT2D eigenvalue weighted by Gasteiger charge is -2.14. The van der Waals surface area contributed by atoms with E-state index in [2.05, 4.69) is 43.1 Å². The topological polar surface area (TPSA) is 38.9 Å². The molecule has 1 heterocycles. The number of benzene rings is 1. The second-order valence-electron chi connectivity index (χ2n) is 4.53. The third-order valence-electron chi connectivity index (χ3n) is 3.02. The first kappa shape index (κ1) is 11.8. The van der Waals surface area contributed by atoms with E-state index in [-0.39, 0.29) is 6.04 Å². The van der Waals surface area contributed by atoms with Crippen LogP contribution in [0.1, 0.15) is 28.3 Å². The molecule has 2 heteroatoms. The van der Waals surface area contributed by atoms with Crippen molar-refractivity contribution < 1.29 is 0 Å². The van der Waals surface area contributed by atoms with Crippen LogP contribution in [-0.4, -0.2) is 4.98 Å². The monoisotopic (exact) mass is 226 g/mol. The highest BCUT2D eigenvalue weighted by Gasteiger charge is 2.09. The molecule has 0 saturated heterocycles. The summed E-state index contributed by atoms with van der Waals surface area (Å²) in [5.74, 6) is 0. The van der Waals surface area contributed by atoms with Gasteiger partial charge in [-0.25, -0.2) is 0 Å². The zero-order chi connectivity index (χ0) is 12.3. The van der Waals surface area contributed by atoms with Gasteiger partial charge in [-0.05, 0) is 43.0 Å². The van der Waals surface area contributed by atoms with Crippen molar-refractivity contribution in [2.24, 2.45) is 5.73 Å². The number of hydrogen-bond acceptors (Lipinski definition) is 2. The predicted octanol–water partition coefficient (Wildman–Crippen LogP) is 2.94. The Kier molecular flexibility index (Phi) is 3.55. The molecule has 0 aliphatic rings. The van der Waals surface area contributed by atoms with Crippen molar-refractivity contribution >= 4 is 0 Å². The van der Waals surface area contributed by atoms with Crippen molar-refractivity contribution in [1.82, 2.24) is 4.98 Å². The molecular formula is C15H18N2. The van der Waals surface area contributed by atoms with E-state index in [0.717, 1.165) is 12.0 Å². The van der Waals surface area contributed by atoms with Crippen LogP contribution in [0.25, 0.3) is 0 Å². The van der Waals surface area contributed by atoms with Crippen LogP contribution in [0.4, 0.5) is 0 Å². The van der Waals surface area contributed by atoms with Gasteiger partial charge in [0.05, 0.1) is 0 Å². The molecule has 1 atom stereocenters. The van der Waals surface area contributed by atoms with Crippen molar-refractivity contribution in [1.29, 1.82) is 0 Å². The maximum Gasteiger partial charge on any atom is 0.0353 e. The summed E-state index contributed by atoms with van der Waals surface area (Å²) in [5, 5.41) is 0. The first-order valence-corrected chi connectivity index (χ1v) is 5.88. The van der Waals surface area contributed by atoms with Gasteiger partial charge in [-0.15, -0.1) is 0 Å². The van der Waals surface area contributed by atoms with Crippen LogP contribution >= 0.6 is 0 Å². The van der Waals surface area contributed by atoms with Crippen LogP contribution in [0, 0.1) is 13.8 Å². The highest BCUT2D eigenvalue weighted by molar-refractivity contribution is 5.29. The summed E-state index contributed by atoms with van der Waals surface area (Å²) in [7, 11) is 0. The number of nitrogens with two attached hydrogens (primary N) is 1. The first-order valence-electron chi connectivity index (χ1n) is 5.88. The molecule has 2 rings (SSSR count). The van der Waals surface area contributed by atoms with Crippen molar-refractivity contribution in [3.8, 4) is 0 Å². The van der Waals surface area contributed by atoms with Gasteiger partial charge in [0.2, 0.25) is 0 Å². The summed E-state index contributed by atoms with van der Waals surface area (Å²) in [5.41, 5.74) is 11.1. The summed E-state index contributed by atoms with van der Waals surface area (Å²) < 4.78 is 0. The van der Waals surface area contributed by atoms with Crippen molar-refractivity contribution in [3.05, 3.63) is 65.0 Å². The Morgan fingerprint density at radius 1 is 1.24 bits per heavy atom. The van der Waals surface area contributed by atoms with Gasteiger partial charge in [0.25, 0.3) is 0 Å². The van der Waals surface area contributed by atoms with Crippen molar-refractivity contribution in [3.63, 3.8) is 0 Å². The van der Waals surface area contributed by atoms with Gasteiger partial charge in [0.15, 0.2) is 0 Å². The number of nitrogens with zero attached hydrogens (tertiary/aromatic N) is 1. The largest absolute Gasteiger partial charge is 0.324 e. The molecule has 2 N–H and O–H groups in total. The van der Waals surface area contributed by atoms with Crippen LogP contribution in [-0.2, 0) is 6.42 Å². The number of pyridine rings is 1. The highest BCUT2D eigenvalue weighted by atomic mass is 14.7. The third-order valence-corrected chi connectivity index (χ3v) is 3.02. The molecule has 2 nitrogen and oxygen atoms in total. The lowest BCUT2D eigenvalue weighted by molar-refractivity contribution is 0.712. The average molecular weight is 226 g/mol. The van der Waals surface area contributed by atoms with E-state index in [1.54, 1.807) is 6.20 Å². The van der Waals surface area contributed by atoms with Gasteiger partial charge in [-0.2, -0.15) is 0 Å². The van der Waals surface area contributed by atoms with E-state index in [4.69, 9.17) is 5.73 Å². The normalized spacial score (nSPS) is 12.4. The van der Waals surface area contributed by atoms with E-state index in [1.165, 1.54) is 16.7 Å². The van der Waals surface area contributed by atoms with Crippen LogP contribution in [0.15, 0.2) is 42.7 Å². The molecule has 88 valence electrons. The van der Waals surface area contributed by atoms with Gasteiger partial charge in [0.1, 0.15) is 0 Å². The summed E-state index contributed by atoms with van der Waals surface area (Å²) in [6, 6.07) is 10.5. The number of aromatic nitrogens is 1. The Balaban J connectivity index is 2.17. The van der Waals surface area contributed by atoms with E-state index in [1.807, 2.05) is 12.3 Å². The van der Waals surface area contributed by atoms with E-state index < -0.39 is 0 Å². The molecule has 1 unspecified atom stereocenters. The van der Waals surface area contributed by atoms with E-state index in [0.29, 0.717) is 0 Å². The summed E-state index contributed by atoms with van der Waals surface area (Å²) in [4.78, 5) is 4.15. The fraction of sp³-hybridized carbons (Fsp3) is 0.267. The summed E-state index contributed by atoms with van der Waals surface area (Å²) >= 11 is 0. The molecule has 0 radical (unpaired) electrons. The Labute approximate surface area is 103 Å². The van der Waals surface area contributed by atoms with Crippen molar-refractivity contribution in [2.45, 2.75) is 26.3 Å². The fourth-order valence-electron chi connectivity index (χ4n) is 2.07. The number of aryl methyl sites for hydroxylation is 2. The highest BCUT2D eigenvalue weighted by Crippen LogP contribution is 2.18. The van der Waals surface area contributed by atoms with Gasteiger partial charge in [-0.3, -0.25) is 4.98 Å². The van der Waals surface area contributed by atoms with E-state index in [9.17, 15) is 0 Å². The van der Waals surface area contributed by atoms with Crippen molar-refractivity contribution in [2.75, 3.05) is 0 Å². The molecule has 0 saturated carbocycles. The lowest BCUT2D eigenvalue weighted by Crippen LogP contribution is -2.15. The minimum absolute atomic E-state index is 0.0190.